The summed E-state index contributed by atoms with van der Waals surface area (Å²) in [6, 6.07) is 0. The van der Waals surface area contributed by atoms with Crippen LogP contribution < -0.4 is 0 Å². The molecule has 0 amide bonds. The van der Waals surface area contributed by atoms with Gasteiger partial charge < -0.3 is 0 Å². The van der Waals surface area contributed by atoms with Crippen molar-refractivity contribution in [2.45, 2.75) is 60.8 Å². The molecule has 0 atom stereocenters. The highest BCUT2D eigenvalue weighted by Crippen LogP contribution is 2.30. The molecule has 0 aromatic rings. The van der Waals surface area contributed by atoms with Gasteiger partial charge in [-0.15, -0.1) is 0 Å². The van der Waals surface area contributed by atoms with E-state index in [2.05, 4.69) is 58.3 Å². The SMILES string of the molecule is CC(C)(C)C#CCN1CCC(CC(C)(C)C)CC1. The van der Waals surface area contributed by atoms with Crippen molar-refractivity contribution in [3.63, 3.8) is 0 Å². The van der Waals surface area contributed by atoms with Crippen LogP contribution in [0, 0.1) is 28.6 Å². The van der Waals surface area contributed by atoms with Crippen molar-refractivity contribution in [2.24, 2.45) is 16.7 Å². The van der Waals surface area contributed by atoms with E-state index in [1.165, 1.54) is 32.4 Å². The number of hydrogen-bond donors (Lipinski definition) is 0. The number of piperidine rings is 1. The van der Waals surface area contributed by atoms with Crippen LogP contribution in [0.25, 0.3) is 0 Å². The van der Waals surface area contributed by atoms with Gasteiger partial charge in [0.1, 0.15) is 0 Å². The molecule has 1 aliphatic heterocycles. The first-order valence-corrected chi connectivity index (χ1v) is 7.38. The van der Waals surface area contributed by atoms with Gasteiger partial charge in [-0.2, -0.15) is 0 Å². The van der Waals surface area contributed by atoms with E-state index in [0.29, 0.717) is 5.41 Å². The van der Waals surface area contributed by atoms with Gasteiger partial charge in [0.15, 0.2) is 0 Å². The maximum atomic E-state index is 3.33. The predicted molar refractivity (Wildman–Crippen MR) is 80.5 cm³/mol. The molecule has 0 spiro atoms. The molecule has 0 aliphatic carbocycles. The lowest BCUT2D eigenvalue weighted by Gasteiger charge is -2.34. The highest BCUT2D eigenvalue weighted by molar-refractivity contribution is 5.08. The lowest BCUT2D eigenvalue weighted by atomic mass is 9.80. The summed E-state index contributed by atoms with van der Waals surface area (Å²) >= 11 is 0. The maximum Gasteiger partial charge on any atom is 0.0601 e. The summed E-state index contributed by atoms with van der Waals surface area (Å²) in [5.41, 5.74) is 0.628. The van der Waals surface area contributed by atoms with E-state index in [-0.39, 0.29) is 5.41 Å². The maximum absolute atomic E-state index is 3.33. The molecule has 0 unspecified atom stereocenters. The fourth-order valence-corrected chi connectivity index (χ4v) is 2.63. The first-order valence-electron chi connectivity index (χ1n) is 7.38. The van der Waals surface area contributed by atoms with Crippen LogP contribution >= 0.6 is 0 Å². The Balaban J connectivity index is 2.29. The van der Waals surface area contributed by atoms with E-state index in [0.717, 1.165) is 12.5 Å². The molecular formula is C17H31N. The summed E-state index contributed by atoms with van der Waals surface area (Å²) in [7, 11) is 0. The van der Waals surface area contributed by atoms with E-state index >= 15 is 0 Å². The first kappa shape index (κ1) is 15.6. The second kappa shape index (κ2) is 6.11. The van der Waals surface area contributed by atoms with Crippen molar-refractivity contribution in [2.75, 3.05) is 19.6 Å². The van der Waals surface area contributed by atoms with Gasteiger partial charge in [-0.3, -0.25) is 4.90 Å². The average molecular weight is 249 g/mol. The summed E-state index contributed by atoms with van der Waals surface area (Å²) < 4.78 is 0. The number of nitrogens with zero attached hydrogens (tertiary/aromatic N) is 1. The Labute approximate surface area is 114 Å². The topological polar surface area (TPSA) is 3.24 Å². The van der Waals surface area contributed by atoms with Crippen LogP contribution in [0.4, 0.5) is 0 Å². The van der Waals surface area contributed by atoms with Crippen LogP contribution in [0.3, 0.4) is 0 Å². The Morgan fingerprint density at radius 3 is 2.00 bits per heavy atom. The molecule has 1 heteroatoms. The average Bonchev–Trinajstić information content (AvgIpc) is 2.16. The van der Waals surface area contributed by atoms with Crippen molar-refractivity contribution in [1.82, 2.24) is 4.90 Å². The van der Waals surface area contributed by atoms with Crippen LogP contribution in [-0.4, -0.2) is 24.5 Å². The Morgan fingerprint density at radius 1 is 1.00 bits per heavy atom. The standard InChI is InChI=1S/C17H31N/c1-16(2,3)10-7-11-18-12-8-15(9-13-18)14-17(4,5)6/h15H,8-9,11-14H2,1-6H3. The van der Waals surface area contributed by atoms with Gasteiger partial charge in [0, 0.05) is 5.41 Å². The van der Waals surface area contributed by atoms with Gasteiger partial charge in [0.05, 0.1) is 6.54 Å². The minimum atomic E-state index is 0.143. The van der Waals surface area contributed by atoms with Crippen LogP contribution in [-0.2, 0) is 0 Å². The zero-order valence-corrected chi connectivity index (χ0v) is 13.3. The van der Waals surface area contributed by atoms with Crippen molar-refractivity contribution in [1.29, 1.82) is 0 Å². The molecule has 0 saturated carbocycles. The number of hydrogen-bond acceptors (Lipinski definition) is 1. The Hall–Kier alpha value is -0.480. The highest BCUT2D eigenvalue weighted by atomic mass is 15.1. The third-order valence-corrected chi connectivity index (χ3v) is 3.37. The van der Waals surface area contributed by atoms with Gasteiger partial charge in [0.25, 0.3) is 0 Å². The Morgan fingerprint density at radius 2 is 1.56 bits per heavy atom. The lowest BCUT2D eigenvalue weighted by molar-refractivity contribution is 0.165. The minimum Gasteiger partial charge on any atom is -0.292 e. The van der Waals surface area contributed by atoms with Gasteiger partial charge in [-0.25, -0.2) is 0 Å². The van der Waals surface area contributed by atoms with Gasteiger partial charge in [-0.05, 0) is 64.5 Å². The molecule has 1 heterocycles. The molecule has 0 aromatic carbocycles. The van der Waals surface area contributed by atoms with E-state index in [1.807, 2.05) is 0 Å². The second-order valence-electron chi connectivity index (χ2n) is 8.04. The molecule has 1 aliphatic rings. The second-order valence-corrected chi connectivity index (χ2v) is 8.04. The monoisotopic (exact) mass is 249 g/mol. The fourth-order valence-electron chi connectivity index (χ4n) is 2.63. The van der Waals surface area contributed by atoms with Gasteiger partial charge in [0.2, 0.25) is 0 Å². The molecular weight excluding hydrogens is 218 g/mol. The number of rotatable bonds is 2. The summed E-state index contributed by atoms with van der Waals surface area (Å²) in [5.74, 6) is 7.59. The third-order valence-electron chi connectivity index (χ3n) is 3.37. The largest absolute Gasteiger partial charge is 0.292 e. The zero-order chi connectivity index (χ0) is 13.8. The molecule has 104 valence electrons. The smallest absolute Gasteiger partial charge is 0.0601 e. The highest BCUT2D eigenvalue weighted by Gasteiger charge is 2.23. The van der Waals surface area contributed by atoms with Gasteiger partial charge >= 0.3 is 0 Å². The Bertz CT molecular complexity index is 297. The van der Waals surface area contributed by atoms with Crippen molar-refractivity contribution < 1.29 is 0 Å². The van der Waals surface area contributed by atoms with E-state index in [9.17, 15) is 0 Å². The molecule has 0 N–H and O–H groups in total. The predicted octanol–water partition coefficient (Wildman–Crippen LogP) is 4.18. The third kappa shape index (κ3) is 7.07. The summed E-state index contributed by atoms with van der Waals surface area (Å²) in [6.07, 6.45) is 4.08. The summed E-state index contributed by atoms with van der Waals surface area (Å²) in [4.78, 5) is 2.51. The fraction of sp³-hybridized carbons (Fsp3) is 0.882. The Kier molecular flexibility index (Phi) is 5.29. The van der Waals surface area contributed by atoms with E-state index in [4.69, 9.17) is 0 Å². The molecule has 1 saturated heterocycles. The van der Waals surface area contributed by atoms with Crippen molar-refractivity contribution >= 4 is 0 Å². The molecule has 0 bridgehead atoms. The quantitative estimate of drug-likeness (QED) is 0.663. The lowest BCUT2D eigenvalue weighted by Crippen LogP contribution is -2.35. The summed E-state index contributed by atoms with van der Waals surface area (Å²) in [6.45, 7) is 17.0. The van der Waals surface area contributed by atoms with Crippen LogP contribution in [0.15, 0.2) is 0 Å². The van der Waals surface area contributed by atoms with E-state index in [1.54, 1.807) is 0 Å². The van der Waals surface area contributed by atoms with Gasteiger partial charge in [-0.1, -0.05) is 32.6 Å². The van der Waals surface area contributed by atoms with E-state index < -0.39 is 0 Å². The number of likely N-dealkylation sites (tertiary alicyclic amines) is 1. The molecule has 1 rings (SSSR count). The molecule has 1 nitrogen and oxygen atoms in total. The van der Waals surface area contributed by atoms with Crippen molar-refractivity contribution in [3.8, 4) is 11.8 Å². The summed E-state index contributed by atoms with van der Waals surface area (Å²) in [5, 5.41) is 0. The van der Waals surface area contributed by atoms with Crippen molar-refractivity contribution in [3.05, 3.63) is 0 Å². The first-order chi connectivity index (χ1) is 8.16. The van der Waals surface area contributed by atoms with Crippen LogP contribution in [0.5, 0.6) is 0 Å². The molecule has 0 aromatic heterocycles. The minimum absolute atomic E-state index is 0.143. The van der Waals surface area contributed by atoms with Crippen LogP contribution in [0.1, 0.15) is 60.8 Å². The molecule has 18 heavy (non-hydrogen) atoms. The molecule has 0 radical (unpaired) electrons. The zero-order valence-electron chi connectivity index (χ0n) is 13.3. The molecule has 1 fully saturated rings. The van der Waals surface area contributed by atoms with Crippen LogP contribution in [0.2, 0.25) is 0 Å². The normalized spacial score (nSPS) is 19.4.